The molecule has 0 atom stereocenters. The van der Waals surface area contributed by atoms with Crippen molar-refractivity contribution in [3.63, 3.8) is 0 Å². The molecule has 124 valence electrons. The molecule has 8 heteroatoms. The molecule has 7 nitrogen and oxygen atoms in total. The smallest absolute Gasteiger partial charge is 0.255 e. The molecular formula is C16H16IN5O2. The molecule has 3 aromatic rings. The van der Waals surface area contributed by atoms with Crippen LogP contribution in [0, 0.1) is 24.3 Å². The molecule has 0 aliphatic carbocycles. The first-order valence-electron chi connectivity index (χ1n) is 7.26. The number of halogens is 1. The van der Waals surface area contributed by atoms with Crippen LogP contribution in [-0.4, -0.2) is 27.0 Å². The molecule has 24 heavy (non-hydrogen) atoms. The maximum absolute atomic E-state index is 11.9. The first-order valence-corrected chi connectivity index (χ1v) is 8.34. The summed E-state index contributed by atoms with van der Waals surface area (Å²) < 4.78 is 6.25. The van der Waals surface area contributed by atoms with Crippen molar-refractivity contribution in [3.05, 3.63) is 43.0 Å². The highest BCUT2D eigenvalue weighted by atomic mass is 127. The molecule has 0 spiro atoms. The predicted octanol–water partition coefficient (Wildman–Crippen LogP) is 3.00. The highest BCUT2D eigenvalue weighted by Crippen LogP contribution is 2.30. The largest absolute Gasteiger partial charge is 0.496 e. The first kappa shape index (κ1) is 16.6. The SMILES string of the molecule is COc1ccc2c(C)nc(Nc3nc(C)c(C)c(=O)[nH]3)nc2c1I. The van der Waals surface area contributed by atoms with Crippen molar-refractivity contribution < 1.29 is 4.74 Å². The Morgan fingerprint density at radius 2 is 1.88 bits per heavy atom. The van der Waals surface area contributed by atoms with Crippen LogP contribution in [0.1, 0.15) is 17.0 Å². The minimum Gasteiger partial charge on any atom is -0.496 e. The van der Waals surface area contributed by atoms with E-state index in [-0.39, 0.29) is 5.56 Å². The van der Waals surface area contributed by atoms with Crippen molar-refractivity contribution in [2.75, 3.05) is 12.4 Å². The number of H-pyrrole nitrogens is 1. The predicted molar refractivity (Wildman–Crippen MR) is 101 cm³/mol. The van der Waals surface area contributed by atoms with Gasteiger partial charge in [0.2, 0.25) is 11.9 Å². The minimum atomic E-state index is -0.182. The summed E-state index contributed by atoms with van der Waals surface area (Å²) in [6.07, 6.45) is 0. The lowest BCUT2D eigenvalue weighted by Crippen LogP contribution is -2.16. The summed E-state index contributed by atoms with van der Waals surface area (Å²) in [5.74, 6) is 1.45. The molecule has 2 N–H and O–H groups in total. The lowest BCUT2D eigenvalue weighted by Gasteiger charge is -2.11. The van der Waals surface area contributed by atoms with Crippen LogP contribution in [0.5, 0.6) is 5.75 Å². The molecule has 0 saturated heterocycles. The van der Waals surface area contributed by atoms with Crippen LogP contribution in [0.2, 0.25) is 0 Å². The van der Waals surface area contributed by atoms with E-state index in [4.69, 9.17) is 4.74 Å². The van der Waals surface area contributed by atoms with Gasteiger partial charge < -0.3 is 4.74 Å². The first-order chi connectivity index (χ1) is 11.4. The summed E-state index contributed by atoms with van der Waals surface area (Å²) in [7, 11) is 1.63. The zero-order chi connectivity index (χ0) is 17.4. The molecular weight excluding hydrogens is 421 g/mol. The maximum atomic E-state index is 11.9. The number of benzene rings is 1. The lowest BCUT2D eigenvalue weighted by molar-refractivity contribution is 0.412. The lowest BCUT2D eigenvalue weighted by atomic mass is 10.2. The Balaban J connectivity index is 2.10. The molecule has 2 aromatic heterocycles. The van der Waals surface area contributed by atoms with Gasteiger partial charge in [0.25, 0.3) is 5.56 Å². The fourth-order valence-electron chi connectivity index (χ4n) is 2.32. The topological polar surface area (TPSA) is 92.8 Å². The molecule has 3 rings (SSSR count). The van der Waals surface area contributed by atoms with Crippen LogP contribution in [0.25, 0.3) is 10.9 Å². The van der Waals surface area contributed by atoms with Crippen molar-refractivity contribution in [2.45, 2.75) is 20.8 Å². The molecule has 0 fully saturated rings. The van der Waals surface area contributed by atoms with Gasteiger partial charge in [-0.15, -0.1) is 0 Å². The van der Waals surface area contributed by atoms with Gasteiger partial charge in [-0.2, -0.15) is 0 Å². The van der Waals surface area contributed by atoms with Crippen molar-refractivity contribution in [3.8, 4) is 5.75 Å². The molecule has 0 bridgehead atoms. The quantitative estimate of drug-likeness (QED) is 0.613. The Hall–Kier alpha value is -2.23. The number of aromatic nitrogens is 4. The zero-order valence-electron chi connectivity index (χ0n) is 13.7. The number of hydrogen-bond donors (Lipinski definition) is 2. The number of fused-ring (bicyclic) bond motifs is 1. The molecule has 0 aliphatic rings. The van der Waals surface area contributed by atoms with Gasteiger partial charge in [-0.1, -0.05) is 0 Å². The van der Waals surface area contributed by atoms with Gasteiger partial charge >= 0.3 is 0 Å². The van der Waals surface area contributed by atoms with E-state index in [2.05, 4.69) is 47.8 Å². The maximum Gasteiger partial charge on any atom is 0.255 e. The van der Waals surface area contributed by atoms with E-state index < -0.39 is 0 Å². The van der Waals surface area contributed by atoms with E-state index in [0.29, 0.717) is 23.2 Å². The Bertz CT molecular complexity index is 1000. The van der Waals surface area contributed by atoms with E-state index >= 15 is 0 Å². The van der Waals surface area contributed by atoms with Gasteiger partial charge in [0.1, 0.15) is 5.75 Å². The highest BCUT2D eigenvalue weighted by Gasteiger charge is 2.12. The number of ether oxygens (including phenoxy) is 1. The van der Waals surface area contributed by atoms with Crippen molar-refractivity contribution in [1.82, 2.24) is 19.9 Å². The van der Waals surface area contributed by atoms with Crippen molar-refractivity contribution in [1.29, 1.82) is 0 Å². The van der Waals surface area contributed by atoms with Gasteiger partial charge in [0.15, 0.2) is 0 Å². The number of methoxy groups -OCH3 is 1. The number of aromatic amines is 1. The number of nitrogens with zero attached hydrogens (tertiary/aromatic N) is 3. The molecule has 0 amide bonds. The summed E-state index contributed by atoms with van der Waals surface area (Å²) in [4.78, 5) is 27.9. The average Bonchev–Trinajstić information content (AvgIpc) is 2.53. The van der Waals surface area contributed by atoms with Gasteiger partial charge in [-0.25, -0.2) is 15.0 Å². The standard InChI is InChI=1S/C16H16IN5O2/c1-7-8(2)18-16(21-14(7)23)22-15-19-9(3)10-5-6-11(24-4)12(17)13(10)20-15/h5-6H,1-4H3,(H2,18,19,20,21,22,23). The van der Waals surface area contributed by atoms with Crippen LogP contribution < -0.4 is 15.6 Å². The molecule has 0 unspecified atom stereocenters. The second kappa shape index (κ2) is 6.34. The molecule has 0 aliphatic heterocycles. The normalized spacial score (nSPS) is 10.9. The minimum absolute atomic E-state index is 0.182. The van der Waals surface area contributed by atoms with Gasteiger partial charge in [-0.3, -0.25) is 15.1 Å². The third-order valence-electron chi connectivity index (χ3n) is 3.81. The fourth-order valence-corrected chi connectivity index (χ4v) is 3.13. The van der Waals surface area contributed by atoms with Crippen LogP contribution in [0.4, 0.5) is 11.9 Å². The van der Waals surface area contributed by atoms with Crippen molar-refractivity contribution >= 4 is 45.4 Å². The molecule has 0 radical (unpaired) electrons. The van der Waals surface area contributed by atoms with Gasteiger partial charge in [0, 0.05) is 16.6 Å². The summed E-state index contributed by atoms with van der Waals surface area (Å²) in [6.45, 7) is 5.43. The van der Waals surface area contributed by atoms with E-state index in [1.54, 1.807) is 21.0 Å². The number of hydrogen-bond acceptors (Lipinski definition) is 6. The Kier molecular flexibility index (Phi) is 4.39. The fraction of sp³-hybridized carbons (Fsp3) is 0.250. The van der Waals surface area contributed by atoms with Crippen LogP contribution >= 0.6 is 22.6 Å². The molecule has 2 heterocycles. The summed E-state index contributed by atoms with van der Waals surface area (Å²) in [5.41, 5.74) is 2.69. The number of anilines is 2. The monoisotopic (exact) mass is 437 g/mol. The van der Waals surface area contributed by atoms with E-state index in [1.165, 1.54) is 0 Å². The number of aryl methyl sites for hydroxylation is 2. The van der Waals surface area contributed by atoms with E-state index in [1.807, 2.05) is 19.1 Å². The Labute approximate surface area is 152 Å². The highest BCUT2D eigenvalue weighted by molar-refractivity contribution is 14.1. The van der Waals surface area contributed by atoms with E-state index in [0.717, 1.165) is 25.9 Å². The number of rotatable bonds is 3. The van der Waals surface area contributed by atoms with Gasteiger partial charge in [0.05, 0.1) is 21.9 Å². The van der Waals surface area contributed by atoms with Crippen LogP contribution in [-0.2, 0) is 0 Å². The summed E-state index contributed by atoms with van der Waals surface area (Å²) in [6, 6.07) is 3.83. The van der Waals surface area contributed by atoms with Crippen molar-refractivity contribution in [2.24, 2.45) is 0 Å². The molecule has 1 aromatic carbocycles. The second-order valence-corrected chi connectivity index (χ2v) is 6.44. The average molecular weight is 437 g/mol. The van der Waals surface area contributed by atoms with E-state index in [9.17, 15) is 4.79 Å². The Morgan fingerprint density at radius 3 is 2.54 bits per heavy atom. The second-order valence-electron chi connectivity index (χ2n) is 5.36. The third kappa shape index (κ3) is 2.93. The van der Waals surface area contributed by atoms with Crippen LogP contribution in [0.15, 0.2) is 16.9 Å². The number of nitrogens with one attached hydrogen (secondary N) is 2. The van der Waals surface area contributed by atoms with Crippen LogP contribution in [0.3, 0.4) is 0 Å². The summed E-state index contributed by atoms with van der Waals surface area (Å²) in [5, 5.41) is 3.93. The zero-order valence-corrected chi connectivity index (χ0v) is 15.8. The Morgan fingerprint density at radius 1 is 1.12 bits per heavy atom. The third-order valence-corrected chi connectivity index (χ3v) is 4.85. The van der Waals surface area contributed by atoms with Gasteiger partial charge in [-0.05, 0) is 55.5 Å². The molecule has 0 saturated carbocycles. The summed E-state index contributed by atoms with van der Waals surface area (Å²) >= 11 is 2.20.